The highest BCUT2D eigenvalue weighted by molar-refractivity contribution is 8.76. The maximum atomic E-state index is 10.9. The monoisotopic (exact) mass is 194 g/mol. The summed E-state index contributed by atoms with van der Waals surface area (Å²) in [5.74, 6) is 1.39. The van der Waals surface area contributed by atoms with Crippen LogP contribution in [0, 0.1) is 5.92 Å². The summed E-state index contributed by atoms with van der Waals surface area (Å²) >= 11 is 0. The Kier molecular flexibility index (Phi) is 6.96. The van der Waals surface area contributed by atoms with E-state index < -0.39 is 0 Å². The highest BCUT2D eigenvalue weighted by Crippen LogP contribution is 2.20. The van der Waals surface area contributed by atoms with Gasteiger partial charge in [-0.1, -0.05) is 42.4 Å². The Labute approximate surface area is 75.9 Å². The summed E-state index contributed by atoms with van der Waals surface area (Å²) < 4.78 is 4.91. The minimum absolute atomic E-state index is 0.0118. The molecule has 0 aliphatic rings. The van der Waals surface area contributed by atoms with E-state index in [9.17, 15) is 4.79 Å². The van der Waals surface area contributed by atoms with Crippen molar-refractivity contribution in [2.75, 3.05) is 11.7 Å². The lowest BCUT2D eigenvalue weighted by atomic mass is 10.2. The van der Waals surface area contributed by atoms with Crippen LogP contribution in [0.15, 0.2) is 0 Å². The van der Waals surface area contributed by atoms with Crippen molar-refractivity contribution in [2.45, 2.75) is 20.8 Å². The lowest BCUT2D eigenvalue weighted by molar-refractivity contribution is -0.144. The van der Waals surface area contributed by atoms with E-state index in [-0.39, 0.29) is 11.9 Å². The van der Waals surface area contributed by atoms with Crippen LogP contribution in [0.5, 0.6) is 0 Å². The van der Waals surface area contributed by atoms with Crippen LogP contribution in [0.25, 0.3) is 0 Å². The van der Waals surface area contributed by atoms with Crippen molar-refractivity contribution in [3.8, 4) is 0 Å². The van der Waals surface area contributed by atoms with E-state index in [0.717, 1.165) is 5.75 Å². The van der Waals surface area contributed by atoms with Gasteiger partial charge >= 0.3 is 5.97 Å². The lowest BCUT2D eigenvalue weighted by Gasteiger charge is -2.04. The smallest absolute Gasteiger partial charge is 0.309 e. The Morgan fingerprint density at radius 3 is 2.55 bits per heavy atom. The SMILES string of the molecule is CCSSCOC(=O)C(C)C. The molecule has 66 valence electrons. The van der Waals surface area contributed by atoms with Crippen LogP contribution in [0.4, 0.5) is 0 Å². The molecular weight excluding hydrogens is 180 g/mol. The van der Waals surface area contributed by atoms with Gasteiger partial charge in [0.15, 0.2) is 0 Å². The highest BCUT2D eigenvalue weighted by Gasteiger charge is 2.06. The summed E-state index contributed by atoms with van der Waals surface area (Å²) in [5.41, 5.74) is 0. The van der Waals surface area contributed by atoms with E-state index in [0.29, 0.717) is 5.94 Å². The standard InChI is InChI=1S/C7H14O2S2/c1-4-10-11-5-9-7(8)6(2)3/h6H,4-5H2,1-3H3. The third kappa shape index (κ3) is 6.56. The summed E-state index contributed by atoms with van der Waals surface area (Å²) in [6.45, 7) is 5.74. The third-order valence-electron chi connectivity index (χ3n) is 0.922. The van der Waals surface area contributed by atoms with Crippen LogP contribution in [-0.4, -0.2) is 17.7 Å². The molecule has 0 fully saturated rings. The number of carbonyl (C=O) groups is 1. The van der Waals surface area contributed by atoms with Gasteiger partial charge in [-0.3, -0.25) is 4.79 Å². The van der Waals surface area contributed by atoms with Crippen LogP contribution in [0.1, 0.15) is 20.8 Å². The fraction of sp³-hybridized carbons (Fsp3) is 0.857. The maximum absolute atomic E-state index is 10.9. The van der Waals surface area contributed by atoms with E-state index in [4.69, 9.17) is 4.74 Å². The predicted molar refractivity (Wildman–Crippen MR) is 51.5 cm³/mol. The zero-order valence-electron chi connectivity index (χ0n) is 7.12. The fourth-order valence-corrected chi connectivity index (χ4v) is 1.61. The van der Waals surface area contributed by atoms with Crippen molar-refractivity contribution in [2.24, 2.45) is 5.92 Å². The molecule has 0 amide bonds. The summed E-state index contributed by atoms with van der Waals surface area (Å²) in [7, 11) is 3.27. The zero-order chi connectivity index (χ0) is 8.69. The largest absolute Gasteiger partial charge is 0.454 e. The molecule has 0 heterocycles. The first-order valence-corrected chi connectivity index (χ1v) is 6.08. The molecular formula is C7H14O2S2. The van der Waals surface area contributed by atoms with Crippen molar-refractivity contribution >= 4 is 27.6 Å². The molecule has 2 nitrogen and oxygen atoms in total. The van der Waals surface area contributed by atoms with Crippen molar-refractivity contribution in [1.82, 2.24) is 0 Å². The van der Waals surface area contributed by atoms with Gasteiger partial charge in [0.05, 0.1) is 5.92 Å². The molecule has 0 aromatic heterocycles. The molecule has 0 aliphatic heterocycles. The van der Waals surface area contributed by atoms with Gasteiger partial charge in [-0.2, -0.15) is 0 Å². The molecule has 0 aromatic rings. The van der Waals surface area contributed by atoms with Crippen molar-refractivity contribution in [3.05, 3.63) is 0 Å². The van der Waals surface area contributed by atoms with Crippen LogP contribution in [-0.2, 0) is 9.53 Å². The molecule has 0 atom stereocenters. The normalized spacial score (nSPS) is 10.2. The Morgan fingerprint density at radius 2 is 2.09 bits per heavy atom. The molecule has 0 aliphatic carbocycles. The molecule has 0 aromatic carbocycles. The average Bonchev–Trinajstić information content (AvgIpc) is 1.97. The first kappa shape index (κ1) is 11.2. The number of carbonyl (C=O) groups excluding carboxylic acids is 1. The zero-order valence-corrected chi connectivity index (χ0v) is 8.76. The van der Waals surface area contributed by atoms with Crippen LogP contribution in [0.2, 0.25) is 0 Å². The van der Waals surface area contributed by atoms with Crippen molar-refractivity contribution < 1.29 is 9.53 Å². The number of hydrogen-bond acceptors (Lipinski definition) is 4. The molecule has 0 unspecified atom stereocenters. The molecule has 0 bridgehead atoms. The second-order valence-electron chi connectivity index (χ2n) is 2.26. The number of ether oxygens (including phenoxy) is 1. The molecule has 0 radical (unpaired) electrons. The topological polar surface area (TPSA) is 26.3 Å². The van der Waals surface area contributed by atoms with Gasteiger partial charge in [-0.15, -0.1) is 0 Å². The molecule has 11 heavy (non-hydrogen) atoms. The minimum atomic E-state index is -0.116. The first-order valence-electron chi connectivity index (χ1n) is 3.59. The second-order valence-corrected chi connectivity index (χ2v) is 4.96. The Hall–Kier alpha value is 0.170. The highest BCUT2D eigenvalue weighted by atomic mass is 33.1. The van der Waals surface area contributed by atoms with Gasteiger partial charge < -0.3 is 4.74 Å². The third-order valence-corrected chi connectivity index (χ3v) is 3.03. The van der Waals surface area contributed by atoms with Gasteiger partial charge in [0, 0.05) is 5.75 Å². The number of rotatable bonds is 5. The molecule has 0 saturated carbocycles. The molecule has 0 saturated heterocycles. The summed E-state index contributed by atoms with van der Waals surface area (Å²) in [6.07, 6.45) is 0. The van der Waals surface area contributed by atoms with Crippen molar-refractivity contribution in [1.29, 1.82) is 0 Å². The minimum Gasteiger partial charge on any atom is -0.454 e. The van der Waals surface area contributed by atoms with E-state index in [1.165, 1.54) is 0 Å². The van der Waals surface area contributed by atoms with E-state index >= 15 is 0 Å². The van der Waals surface area contributed by atoms with Gasteiger partial charge in [0.25, 0.3) is 0 Å². The molecule has 0 rings (SSSR count). The van der Waals surface area contributed by atoms with Crippen LogP contribution in [0.3, 0.4) is 0 Å². The maximum Gasteiger partial charge on any atom is 0.309 e. The first-order chi connectivity index (χ1) is 5.18. The fourth-order valence-electron chi connectivity index (χ4n) is 0.366. The molecule has 0 spiro atoms. The Balaban J connectivity index is 3.18. The number of hydrogen-bond donors (Lipinski definition) is 0. The van der Waals surface area contributed by atoms with E-state index in [1.807, 2.05) is 13.8 Å². The van der Waals surface area contributed by atoms with Crippen LogP contribution >= 0.6 is 21.6 Å². The Bertz CT molecular complexity index is 115. The Morgan fingerprint density at radius 1 is 1.45 bits per heavy atom. The molecule has 4 heteroatoms. The molecule has 0 N–H and O–H groups in total. The van der Waals surface area contributed by atoms with Gasteiger partial charge in [-0.25, -0.2) is 0 Å². The summed E-state index contributed by atoms with van der Waals surface area (Å²) in [6, 6.07) is 0. The predicted octanol–water partition coefficient (Wildman–Crippen LogP) is 2.54. The summed E-state index contributed by atoms with van der Waals surface area (Å²) in [5, 5.41) is 0. The average molecular weight is 194 g/mol. The van der Waals surface area contributed by atoms with Gasteiger partial charge in [0.2, 0.25) is 0 Å². The second kappa shape index (κ2) is 6.85. The van der Waals surface area contributed by atoms with Crippen LogP contribution < -0.4 is 0 Å². The number of esters is 1. The van der Waals surface area contributed by atoms with Gasteiger partial charge in [-0.05, 0) is 0 Å². The van der Waals surface area contributed by atoms with Crippen molar-refractivity contribution in [3.63, 3.8) is 0 Å². The van der Waals surface area contributed by atoms with E-state index in [1.54, 1.807) is 21.6 Å². The summed E-state index contributed by atoms with van der Waals surface area (Å²) in [4.78, 5) is 10.9. The quantitative estimate of drug-likeness (QED) is 0.291. The lowest BCUT2D eigenvalue weighted by Crippen LogP contribution is -2.10. The van der Waals surface area contributed by atoms with E-state index in [2.05, 4.69) is 6.92 Å². The van der Waals surface area contributed by atoms with Gasteiger partial charge in [0.1, 0.15) is 5.94 Å².